The monoisotopic (exact) mass is 340 g/mol. The highest BCUT2D eigenvalue weighted by Gasteiger charge is 1.92. The van der Waals surface area contributed by atoms with Crippen LogP contribution >= 0.6 is 49.9 Å². The van der Waals surface area contributed by atoms with Crippen molar-refractivity contribution in [3.63, 3.8) is 0 Å². The molecule has 0 saturated heterocycles. The number of alkyl halides is 1. The van der Waals surface area contributed by atoms with E-state index in [0.29, 0.717) is 0 Å². The van der Waals surface area contributed by atoms with Crippen LogP contribution < -0.4 is 11.1 Å². The molecule has 5 heteroatoms. The van der Waals surface area contributed by atoms with Crippen LogP contribution in [-0.4, -0.2) is 18.0 Å². The number of nitrogens with one attached hydrogen (secondary N) is 1. The summed E-state index contributed by atoms with van der Waals surface area (Å²) < 4.78 is 0. The molecule has 0 aliphatic carbocycles. The number of halogens is 3. The Balaban J connectivity index is -0.000000245. The summed E-state index contributed by atoms with van der Waals surface area (Å²) in [4.78, 5) is 0. The number of hydrogen-bond donors (Lipinski definition) is 2. The molecular weight excluding hydrogens is 328 g/mol. The smallest absolute Gasteiger partial charge is 0.0543 e. The zero-order valence-electron chi connectivity index (χ0n) is 5.97. The van der Waals surface area contributed by atoms with Crippen molar-refractivity contribution in [1.82, 2.24) is 5.32 Å². The van der Waals surface area contributed by atoms with Crippen LogP contribution in [0.4, 0.5) is 0 Å². The van der Waals surface area contributed by atoms with Crippen molar-refractivity contribution >= 4 is 49.9 Å². The van der Waals surface area contributed by atoms with Crippen molar-refractivity contribution in [1.29, 1.82) is 0 Å². The van der Waals surface area contributed by atoms with E-state index >= 15 is 0 Å². The summed E-state index contributed by atoms with van der Waals surface area (Å²) in [5.41, 5.74) is 5.53. The Morgan fingerprint density at radius 1 is 1.50 bits per heavy atom. The topological polar surface area (TPSA) is 38.0 Å². The molecule has 0 amide bonds. The highest BCUT2D eigenvalue weighted by atomic mass is 79.9. The van der Waals surface area contributed by atoms with E-state index in [4.69, 9.17) is 5.73 Å². The fourth-order valence-electron chi connectivity index (χ4n) is 0.384. The highest BCUT2D eigenvalue weighted by Crippen LogP contribution is 1.80. The van der Waals surface area contributed by atoms with Crippen molar-refractivity contribution < 1.29 is 0 Å². The fourth-order valence-corrected chi connectivity index (χ4v) is 0.613. The zero-order chi connectivity index (χ0) is 6.41. The van der Waals surface area contributed by atoms with Crippen LogP contribution in [0.3, 0.4) is 0 Å². The maximum absolute atomic E-state index is 5.53. The van der Waals surface area contributed by atoms with Crippen molar-refractivity contribution in [3.05, 3.63) is 0 Å². The molecule has 0 aromatic heterocycles. The molecule has 2 nitrogen and oxygen atoms in total. The van der Waals surface area contributed by atoms with Crippen LogP contribution in [0.15, 0.2) is 0 Å². The summed E-state index contributed by atoms with van der Waals surface area (Å²) in [6.45, 7) is 3.01. The molecule has 10 heavy (non-hydrogen) atoms. The Morgan fingerprint density at radius 2 is 2.00 bits per heavy atom. The van der Waals surface area contributed by atoms with Gasteiger partial charge in [0.05, 0.1) is 6.17 Å². The van der Waals surface area contributed by atoms with E-state index in [0.717, 1.165) is 18.3 Å². The minimum absolute atomic E-state index is 0. The van der Waals surface area contributed by atoms with Gasteiger partial charge in [-0.15, -0.1) is 34.0 Å². The first-order valence-electron chi connectivity index (χ1n) is 2.86. The lowest BCUT2D eigenvalue weighted by Crippen LogP contribution is -2.37. The fraction of sp³-hybridized carbons (Fsp3) is 1.00. The van der Waals surface area contributed by atoms with Gasteiger partial charge in [0.25, 0.3) is 0 Å². The van der Waals surface area contributed by atoms with Crippen molar-refractivity contribution in [2.75, 3.05) is 11.9 Å². The Morgan fingerprint density at radius 3 is 2.30 bits per heavy atom. The first-order chi connectivity index (χ1) is 3.81. The molecule has 0 aromatic rings. The van der Waals surface area contributed by atoms with Crippen LogP contribution in [0, 0.1) is 0 Å². The lowest BCUT2D eigenvalue weighted by Gasteiger charge is -2.08. The molecule has 0 radical (unpaired) electrons. The van der Waals surface area contributed by atoms with Crippen LogP contribution in [0.25, 0.3) is 0 Å². The maximum atomic E-state index is 5.53. The summed E-state index contributed by atoms with van der Waals surface area (Å²) in [6, 6.07) is 0. The Labute approximate surface area is 92.0 Å². The molecule has 1 atom stereocenters. The lowest BCUT2D eigenvalue weighted by atomic mass is 10.4. The first-order valence-corrected chi connectivity index (χ1v) is 3.98. The summed E-state index contributed by atoms with van der Waals surface area (Å²) >= 11 is 3.29. The van der Waals surface area contributed by atoms with E-state index in [1.165, 1.54) is 0 Å². The van der Waals surface area contributed by atoms with Crippen LogP contribution in [-0.2, 0) is 0 Å². The quantitative estimate of drug-likeness (QED) is 0.604. The zero-order valence-corrected chi connectivity index (χ0v) is 11.0. The average Bonchev–Trinajstić information content (AvgIpc) is 1.83. The second-order valence-electron chi connectivity index (χ2n) is 1.66. The first kappa shape index (κ1) is 17.4. The van der Waals surface area contributed by atoms with Gasteiger partial charge in [-0.1, -0.05) is 22.9 Å². The third-order valence-electron chi connectivity index (χ3n) is 0.941. The minimum atomic E-state index is 0. The third-order valence-corrected chi connectivity index (χ3v) is 1.34. The van der Waals surface area contributed by atoms with Gasteiger partial charge < -0.3 is 11.1 Å². The predicted octanol–water partition coefficient (Wildman–Crippen LogP) is 1.82. The van der Waals surface area contributed by atoms with Gasteiger partial charge in [-0.3, -0.25) is 0 Å². The Kier molecular flexibility index (Phi) is 22.7. The van der Waals surface area contributed by atoms with Gasteiger partial charge in [0.15, 0.2) is 0 Å². The van der Waals surface area contributed by atoms with E-state index in [9.17, 15) is 0 Å². The van der Waals surface area contributed by atoms with Crippen LogP contribution in [0.1, 0.15) is 13.3 Å². The maximum Gasteiger partial charge on any atom is 0.0543 e. The van der Waals surface area contributed by atoms with Gasteiger partial charge in [-0.2, -0.15) is 0 Å². The summed E-state index contributed by atoms with van der Waals surface area (Å²) in [5.74, 6) is 0. The largest absolute Gasteiger partial charge is 0.316 e. The van der Waals surface area contributed by atoms with Gasteiger partial charge >= 0.3 is 0 Å². The number of rotatable bonds is 4. The average molecular weight is 343 g/mol. The molecule has 0 aliphatic heterocycles. The normalized spacial score (nSPS) is 11.1. The second kappa shape index (κ2) is 13.0. The van der Waals surface area contributed by atoms with Crippen molar-refractivity contribution in [2.24, 2.45) is 5.73 Å². The predicted molar refractivity (Wildman–Crippen MR) is 60.7 cm³/mol. The molecule has 0 aliphatic rings. The molecule has 1 unspecified atom stereocenters. The highest BCUT2D eigenvalue weighted by molar-refractivity contribution is 9.09. The molecule has 3 N–H and O–H groups in total. The Hall–Kier alpha value is 1.36. The molecule has 66 valence electrons. The summed E-state index contributed by atoms with van der Waals surface area (Å²) in [6.07, 6.45) is 1.17. The molecular formula is C5H15Br3N2. The minimum Gasteiger partial charge on any atom is -0.316 e. The van der Waals surface area contributed by atoms with Crippen LogP contribution in [0.5, 0.6) is 0 Å². The lowest BCUT2D eigenvalue weighted by molar-refractivity contribution is 0.533. The van der Waals surface area contributed by atoms with Crippen molar-refractivity contribution in [2.45, 2.75) is 19.5 Å². The van der Waals surface area contributed by atoms with Gasteiger partial charge in [0, 0.05) is 11.9 Å². The SMILES string of the molecule is Br.Br.CCC(N)NCCBr. The van der Waals surface area contributed by atoms with Gasteiger partial charge in [-0.05, 0) is 6.42 Å². The van der Waals surface area contributed by atoms with E-state index in [-0.39, 0.29) is 40.1 Å². The molecule has 0 fully saturated rings. The third kappa shape index (κ3) is 12.1. The second-order valence-corrected chi connectivity index (χ2v) is 2.45. The standard InChI is InChI=1S/C5H13BrN2.2BrH/c1-2-5(7)8-4-3-6;;/h5,8H,2-4,7H2,1H3;2*1H. The molecule has 0 saturated carbocycles. The van der Waals surface area contributed by atoms with E-state index in [2.05, 4.69) is 28.2 Å². The van der Waals surface area contributed by atoms with Gasteiger partial charge in [-0.25, -0.2) is 0 Å². The summed E-state index contributed by atoms with van der Waals surface area (Å²) in [5, 5.41) is 4.09. The number of nitrogens with two attached hydrogens (primary N) is 1. The molecule has 0 aromatic carbocycles. The number of hydrogen-bond acceptors (Lipinski definition) is 2. The summed E-state index contributed by atoms with van der Waals surface area (Å²) in [7, 11) is 0. The Bertz CT molecular complexity index is 54.2. The van der Waals surface area contributed by atoms with Gasteiger partial charge in [0.2, 0.25) is 0 Å². The van der Waals surface area contributed by atoms with E-state index < -0.39 is 0 Å². The van der Waals surface area contributed by atoms with Crippen LogP contribution in [0.2, 0.25) is 0 Å². The molecule has 0 spiro atoms. The van der Waals surface area contributed by atoms with Crippen molar-refractivity contribution in [3.8, 4) is 0 Å². The molecule has 0 bridgehead atoms. The molecule has 0 heterocycles. The van der Waals surface area contributed by atoms with E-state index in [1.54, 1.807) is 0 Å². The van der Waals surface area contributed by atoms with Gasteiger partial charge in [0.1, 0.15) is 0 Å². The molecule has 0 rings (SSSR count). The van der Waals surface area contributed by atoms with E-state index in [1.807, 2.05) is 0 Å².